The molecule has 1 unspecified atom stereocenters. The Bertz CT molecular complexity index is 175. The van der Waals surface area contributed by atoms with Gasteiger partial charge in [0.2, 0.25) is 0 Å². The molecule has 0 N–H and O–H groups in total. The molecule has 0 radical (unpaired) electrons. The second-order valence-electron chi connectivity index (χ2n) is 3.87. The van der Waals surface area contributed by atoms with Gasteiger partial charge in [-0.05, 0) is 18.8 Å². The molecule has 3 heteroatoms. The smallest absolute Gasteiger partial charge is 0.308 e. The Balaban J connectivity index is 3.84. The Labute approximate surface area is 85.8 Å². The van der Waals surface area contributed by atoms with Crippen LogP contribution in [0.1, 0.15) is 40.0 Å². The highest BCUT2D eigenvalue weighted by Gasteiger charge is 2.17. The van der Waals surface area contributed by atoms with E-state index in [4.69, 9.17) is 4.74 Å². The Hall–Kier alpha value is -0.860. The van der Waals surface area contributed by atoms with Crippen molar-refractivity contribution in [3.05, 3.63) is 0 Å². The fourth-order valence-electron chi connectivity index (χ4n) is 1.12. The number of esters is 1. The summed E-state index contributed by atoms with van der Waals surface area (Å²) in [7, 11) is 0. The molecule has 0 bridgehead atoms. The van der Waals surface area contributed by atoms with Gasteiger partial charge in [-0.25, -0.2) is 0 Å². The highest BCUT2D eigenvalue weighted by atomic mass is 16.5. The summed E-state index contributed by atoms with van der Waals surface area (Å²) in [5.74, 6) is 0.0875. The van der Waals surface area contributed by atoms with Crippen molar-refractivity contribution in [1.82, 2.24) is 0 Å². The first kappa shape index (κ1) is 13.1. The minimum absolute atomic E-state index is 0.112. The second-order valence-corrected chi connectivity index (χ2v) is 3.87. The van der Waals surface area contributed by atoms with Crippen molar-refractivity contribution in [3.63, 3.8) is 0 Å². The first-order valence-corrected chi connectivity index (χ1v) is 5.22. The first-order valence-electron chi connectivity index (χ1n) is 5.22. The summed E-state index contributed by atoms with van der Waals surface area (Å²) < 4.78 is 5.10. The summed E-state index contributed by atoms with van der Waals surface area (Å²) in [4.78, 5) is 21.6. The quantitative estimate of drug-likeness (QED) is 0.467. The Morgan fingerprint density at radius 3 is 2.50 bits per heavy atom. The topological polar surface area (TPSA) is 43.4 Å². The number of carbonyl (C=O) groups excluding carboxylic acids is 2. The lowest BCUT2D eigenvalue weighted by Crippen LogP contribution is -2.19. The van der Waals surface area contributed by atoms with Gasteiger partial charge in [0.05, 0.1) is 12.5 Å². The van der Waals surface area contributed by atoms with Crippen molar-refractivity contribution in [2.24, 2.45) is 11.8 Å². The highest BCUT2D eigenvalue weighted by Crippen LogP contribution is 2.12. The van der Waals surface area contributed by atoms with Gasteiger partial charge in [-0.15, -0.1) is 0 Å². The summed E-state index contributed by atoms with van der Waals surface area (Å²) in [5.41, 5.74) is 0. The fraction of sp³-hybridized carbons (Fsp3) is 0.818. The van der Waals surface area contributed by atoms with E-state index in [1.165, 1.54) is 0 Å². The number of ether oxygens (including phenoxy) is 1. The van der Waals surface area contributed by atoms with E-state index >= 15 is 0 Å². The summed E-state index contributed by atoms with van der Waals surface area (Å²) >= 11 is 0. The van der Waals surface area contributed by atoms with Crippen molar-refractivity contribution < 1.29 is 14.3 Å². The average Bonchev–Trinajstić information content (AvgIpc) is 2.16. The van der Waals surface area contributed by atoms with E-state index in [1.807, 2.05) is 20.8 Å². The molecule has 0 amide bonds. The predicted molar refractivity (Wildman–Crippen MR) is 54.9 cm³/mol. The summed E-state index contributed by atoms with van der Waals surface area (Å²) in [6, 6.07) is 0. The molecule has 0 aliphatic carbocycles. The number of rotatable bonds is 7. The van der Waals surface area contributed by atoms with Gasteiger partial charge in [0.15, 0.2) is 0 Å². The molecule has 0 saturated heterocycles. The third-order valence-corrected chi connectivity index (χ3v) is 2.02. The third kappa shape index (κ3) is 5.73. The zero-order valence-corrected chi connectivity index (χ0v) is 9.29. The van der Waals surface area contributed by atoms with Crippen LogP contribution in [0.25, 0.3) is 0 Å². The van der Waals surface area contributed by atoms with Crippen molar-refractivity contribution in [1.29, 1.82) is 0 Å². The molecule has 0 aromatic heterocycles. The van der Waals surface area contributed by atoms with Gasteiger partial charge < -0.3 is 9.53 Å². The molecule has 0 spiro atoms. The molecule has 0 aromatic rings. The minimum atomic E-state index is -0.164. The van der Waals surface area contributed by atoms with Crippen LogP contribution in [-0.4, -0.2) is 18.9 Å². The van der Waals surface area contributed by atoms with Gasteiger partial charge in [0, 0.05) is 6.42 Å². The Morgan fingerprint density at radius 2 is 2.07 bits per heavy atom. The molecule has 1 atom stereocenters. The van der Waals surface area contributed by atoms with Crippen LogP contribution in [0.5, 0.6) is 0 Å². The average molecular weight is 200 g/mol. The minimum Gasteiger partial charge on any atom is -0.465 e. The van der Waals surface area contributed by atoms with Crippen LogP contribution in [0.2, 0.25) is 0 Å². The van der Waals surface area contributed by atoms with E-state index in [2.05, 4.69) is 0 Å². The van der Waals surface area contributed by atoms with Crippen molar-refractivity contribution >= 4 is 12.3 Å². The number of aldehydes is 1. The summed E-state index contributed by atoms with van der Waals surface area (Å²) in [6.45, 7) is 6.40. The van der Waals surface area contributed by atoms with Crippen molar-refractivity contribution in [2.75, 3.05) is 6.61 Å². The highest BCUT2D eigenvalue weighted by molar-refractivity contribution is 5.72. The van der Waals surface area contributed by atoms with Crippen LogP contribution in [0.15, 0.2) is 0 Å². The molecule has 82 valence electrons. The molecule has 0 rings (SSSR count). The number of hydrogen-bond donors (Lipinski definition) is 0. The molecule has 0 saturated carbocycles. The van der Waals surface area contributed by atoms with E-state index < -0.39 is 0 Å². The van der Waals surface area contributed by atoms with E-state index in [1.54, 1.807) is 0 Å². The molecular weight excluding hydrogens is 180 g/mol. The van der Waals surface area contributed by atoms with Gasteiger partial charge in [-0.2, -0.15) is 0 Å². The molecule has 0 fully saturated rings. The molecule has 0 heterocycles. The van der Waals surface area contributed by atoms with Crippen LogP contribution in [0, 0.1) is 11.8 Å². The van der Waals surface area contributed by atoms with Crippen molar-refractivity contribution in [2.45, 2.75) is 40.0 Å². The maximum Gasteiger partial charge on any atom is 0.308 e. The lowest BCUT2D eigenvalue weighted by molar-refractivity contribution is -0.150. The third-order valence-electron chi connectivity index (χ3n) is 2.02. The maximum absolute atomic E-state index is 11.4. The number of carbonyl (C=O) groups is 2. The number of hydrogen-bond acceptors (Lipinski definition) is 3. The molecule has 3 nitrogen and oxygen atoms in total. The molecule has 0 aliphatic rings. The molecule has 0 aromatic carbocycles. The zero-order chi connectivity index (χ0) is 11.0. The van der Waals surface area contributed by atoms with Gasteiger partial charge in [0.1, 0.15) is 6.29 Å². The maximum atomic E-state index is 11.4. The lowest BCUT2D eigenvalue weighted by atomic mass is 10.0. The summed E-state index contributed by atoms with van der Waals surface area (Å²) in [5, 5.41) is 0. The van der Waals surface area contributed by atoms with E-state index in [9.17, 15) is 9.59 Å². The summed E-state index contributed by atoms with van der Waals surface area (Å²) in [6.07, 6.45) is 2.63. The van der Waals surface area contributed by atoms with Crippen molar-refractivity contribution in [3.8, 4) is 0 Å². The normalized spacial score (nSPS) is 12.6. The predicted octanol–water partition coefficient (Wildman–Crippen LogP) is 2.19. The van der Waals surface area contributed by atoms with Crippen LogP contribution in [0.3, 0.4) is 0 Å². The van der Waals surface area contributed by atoms with E-state index in [-0.39, 0.29) is 11.9 Å². The molecule has 14 heavy (non-hydrogen) atoms. The Morgan fingerprint density at radius 1 is 1.43 bits per heavy atom. The van der Waals surface area contributed by atoms with Gasteiger partial charge in [-0.1, -0.05) is 20.8 Å². The van der Waals surface area contributed by atoms with Gasteiger partial charge >= 0.3 is 5.97 Å². The second kappa shape index (κ2) is 7.54. The van der Waals surface area contributed by atoms with E-state index in [0.29, 0.717) is 25.4 Å². The van der Waals surface area contributed by atoms with Crippen LogP contribution in [0.4, 0.5) is 0 Å². The fourth-order valence-corrected chi connectivity index (χ4v) is 1.12. The van der Waals surface area contributed by atoms with Crippen LogP contribution >= 0.6 is 0 Å². The largest absolute Gasteiger partial charge is 0.465 e. The molecule has 0 aliphatic heterocycles. The first-order chi connectivity index (χ1) is 6.61. The van der Waals surface area contributed by atoms with E-state index in [0.717, 1.165) is 12.7 Å². The SMILES string of the molecule is CCC(CCC=O)C(=O)OCC(C)C. The molecular formula is C11H20O3. The van der Waals surface area contributed by atoms with Gasteiger partial charge in [0.25, 0.3) is 0 Å². The monoisotopic (exact) mass is 200 g/mol. The van der Waals surface area contributed by atoms with Gasteiger partial charge in [-0.3, -0.25) is 4.79 Å². The van der Waals surface area contributed by atoms with Crippen LogP contribution < -0.4 is 0 Å². The Kier molecular flexibility index (Phi) is 7.07. The van der Waals surface area contributed by atoms with Crippen LogP contribution in [-0.2, 0) is 14.3 Å². The standard InChI is InChI=1S/C11H20O3/c1-4-10(6-5-7-12)11(13)14-8-9(2)3/h7,9-10H,4-6,8H2,1-3H3. The lowest BCUT2D eigenvalue weighted by Gasteiger charge is -2.13. The zero-order valence-electron chi connectivity index (χ0n) is 9.29.